The third kappa shape index (κ3) is 4.34. The second-order valence-electron chi connectivity index (χ2n) is 7.65. The van der Waals surface area contributed by atoms with E-state index in [1.54, 1.807) is 0 Å². The Morgan fingerprint density at radius 2 is 1.72 bits per heavy atom. The van der Waals surface area contributed by atoms with Gasteiger partial charge in [-0.25, -0.2) is 15.0 Å². The topological polar surface area (TPSA) is 99.1 Å². The van der Waals surface area contributed by atoms with Crippen molar-refractivity contribution in [3.05, 3.63) is 27.5 Å². The van der Waals surface area contributed by atoms with Gasteiger partial charge in [0.25, 0.3) is 0 Å². The van der Waals surface area contributed by atoms with Gasteiger partial charge < -0.3 is 20.6 Å². The highest BCUT2D eigenvalue weighted by atomic mass is 35.5. The van der Waals surface area contributed by atoms with Gasteiger partial charge in [0.05, 0.1) is 5.69 Å². The summed E-state index contributed by atoms with van der Waals surface area (Å²) in [4.78, 5) is 19.0. The van der Waals surface area contributed by atoms with Crippen LogP contribution in [0.3, 0.4) is 0 Å². The van der Waals surface area contributed by atoms with E-state index in [0.29, 0.717) is 17.4 Å². The molecule has 0 unspecified atom stereocenters. The zero-order chi connectivity index (χ0) is 20.5. The van der Waals surface area contributed by atoms with E-state index >= 15 is 0 Å². The predicted octanol–water partition coefficient (Wildman–Crippen LogP) is 2.99. The molecule has 3 N–H and O–H groups in total. The summed E-state index contributed by atoms with van der Waals surface area (Å²) in [6, 6.07) is 0.834. The van der Waals surface area contributed by atoms with Gasteiger partial charge in [0.15, 0.2) is 5.82 Å². The lowest BCUT2D eigenvalue weighted by Crippen LogP contribution is -2.33. The second-order valence-corrected chi connectivity index (χ2v) is 8.32. The summed E-state index contributed by atoms with van der Waals surface area (Å²) in [5.41, 5.74) is 4.18. The molecular formula is C19H25Cl2N7O. The van der Waals surface area contributed by atoms with Gasteiger partial charge >= 0.3 is 0 Å². The first kappa shape index (κ1) is 20.4. The summed E-state index contributed by atoms with van der Waals surface area (Å²) in [5.74, 6) is 1.73. The van der Waals surface area contributed by atoms with Crippen LogP contribution in [0.15, 0.2) is 0 Å². The molecule has 156 valence electrons. The maximum Gasteiger partial charge on any atom is 0.224 e. The standard InChI is InChI=1S/C10H14ClN3O.C9H11ClN4/c1-6-8-3-2-7(4-5-15)13-9(8)14-10(11)12-6;1-5-7-8(13-9(10)11-5)12-6-2-3-14(7)4-6/h7,15H,2-5H2,1H3,(H,12,13,14);6H,2-4H2,1H3,(H,11,12,13)/t7-;6-/m10/s1. The van der Waals surface area contributed by atoms with E-state index in [0.717, 1.165) is 66.6 Å². The molecule has 2 atom stereocenters. The molecule has 29 heavy (non-hydrogen) atoms. The Hall–Kier alpha value is -1.90. The van der Waals surface area contributed by atoms with Crippen LogP contribution in [0.1, 0.15) is 36.2 Å². The van der Waals surface area contributed by atoms with Crippen LogP contribution in [0.25, 0.3) is 0 Å². The van der Waals surface area contributed by atoms with Crippen LogP contribution in [-0.4, -0.2) is 56.8 Å². The highest BCUT2D eigenvalue weighted by Gasteiger charge is 2.32. The number of rotatable bonds is 2. The van der Waals surface area contributed by atoms with E-state index in [4.69, 9.17) is 28.3 Å². The van der Waals surface area contributed by atoms with Crippen molar-refractivity contribution in [2.24, 2.45) is 0 Å². The zero-order valence-electron chi connectivity index (χ0n) is 16.5. The second kappa shape index (κ2) is 8.45. The number of aromatic nitrogens is 4. The van der Waals surface area contributed by atoms with Crippen LogP contribution < -0.4 is 15.5 Å². The minimum atomic E-state index is 0.199. The molecule has 3 aliphatic rings. The number of nitrogens with zero attached hydrogens (tertiary/aromatic N) is 5. The molecule has 0 spiro atoms. The first-order valence-electron chi connectivity index (χ1n) is 9.90. The molecule has 0 aromatic carbocycles. The lowest BCUT2D eigenvalue weighted by Gasteiger charge is -2.28. The molecule has 0 saturated carbocycles. The molecule has 1 saturated heterocycles. The molecular weight excluding hydrogens is 413 g/mol. The average Bonchev–Trinajstić information content (AvgIpc) is 3.02. The van der Waals surface area contributed by atoms with E-state index in [1.165, 1.54) is 6.42 Å². The van der Waals surface area contributed by atoms with Crippen molar-refractivity contribution < 1.29 is 5.11 Å². The molecule has 2 bridgehead atoms. The first-order valence-corrected chi connectivity index (χ1v) is 10.7. The summed E-state index contributed by atoms with van der Waals surface area (Å²) in [6.45, 7) is 6.29. The van der Waals surface area contributed by atoms with E-state index in [-0.39, 0.29) is 11.9 Å². The largest absolute Gasteiger partial charge is 0.396 e. The van der Waals surface area contributed by atoms with Gasteiger partial charge in [-0.2, -0.15) is 4.98 Å². The van der Waals surface area contributed by atoms with Crippen LogP contribution in [0.2, 0.25) is 10.6 Å². The molecule has 0 aliphatic carbocycles. The fourth-order valence-electron chi connectivity index (χ4n) is 4.22. The summed E-state index contributed by atoms with van der Waals surface area (Å²) < 4.78 is 0. The molecule has 1 fully saturated rings. The van der Waals surface area contributed by atoms with Crippen molar-refractivity contribution in [2.45, 2.75) is 51.6 Å². The Balaban J connectivity index is 0.000000141. The lowest BCUT2D eigenvalue weighted by molar-refractivity contribution is 0.276. The van der Waals surface area contributed by atoms with E-state index < -0.39 is 0 Å². The van der Waals surface area contributed by atoms with Crippen LogP contribution in [0.5, 0.6) is 0 Å². The summed E-state index contributed by atoms with van der Waals surface area (Å²) >= 11 is 11.6. The number of nitrogens with one attached hydrogen (secondary N) is 2. The van der Waals surface area contributed by atoms with Crippen molar-refractivity contribution >= 4 is 40.5 Å². The van der Waals surface area contributed by atoms with Crippen molar-refractivity contribution in [1.29, 1.82) is 0 Å². The Labute approximate surface area is 180 Å². The number of halogens is 2. The van der Waals surface area contributed by atoms with Crippen molar-refractivity contribution in [1.82, 2.24) is 19.9 Å². The molecule has 3 aliphatic heterocycles. The average molecular weight is 438 g/mol. The Morgan fingerprint density at radius 3 is 2.48 bits per heavy atom. The highest BCUT2D eigenvalue weighted by Crippen LogP contribution is 2.36. The third-order valence-corrected chi connectivity index (χ3v) is 5.96. The highest BCUT2D eigenvalue weighted by molar-refractivity contribution is 6.28. The fraction of sp³-hybridized carbons (Fsp3) is 0.579. The number of fused-ring (bicyclic) bond motifs is 5. The van der Waals surface area contributed by atoms with Crippen LogP contribution in [-0.2, 0) is 6.42 Å². The number of aryl methyl sites for hydroxylation is 2. The Morgan fingerprint density at radius 1 is 1.00 bits per heavy atom. The number of aliphatic hydroxyl groups excluding tert-OH is 1. The number of anilines is 3. The lowest BCUT2D eigenvalue weighted by atomic mass is 9.98. The summed E-state index contributed by atoms with van der Waals surface area (Å²) in [5, 5.41) is 16.2. The van der Waals surface area contributed by atoms with Gasteiger partial charge in [-0.1, -0.05) is 0 Å². The molecule has 5 heterocycles. The Kier molecular flexibility index (Phi) is 5.94. The number of hydrogen-bond acceptors (Lipinski definition) is 8. The molecule has 8 nitrogen and oxygen atoms in total. The SMILES string of the molecule is Cc1nc(Cl)nc2c1CC[C@H](CCO)N2.Cc1nc(Cl)nc2c1N1CC[C@@H](C1)N2. The van der Waals surface area contributed by atoms with Gasteiger partial charge in [-0.3, -0.25) is 0 Å². The van der Waals surface area contributed by atoms with Gasteiger partial charge in [0, 0.05) is 43.0 Å². The monoisotopic (exact) mass is 437 g/mol. The summed E-state index contributed by atoms with van der Waals surface area (Å²) in [6.07, 6.45) is 3.89. The van der Waals surface area contributed by atoms with Crippen LogP contribution in [0.4, 0.5) is 17.3 Å². The minimum Gasteiger partial charge on any atom is -0.396 e. The molecule has 2 aromatic heterocycles. The van der Waals surface area contributed by atoms with Crippen LogP contribution in [0, 0.1) is 13.8 Å². The smallest absolute Gasteiger partial charge is 0.224 e. The number of hydrogen-bond donors (Lipinski definition) is 3. The third-order valence-electron chi connectivity index (χ3n) is 5.62. The molecule has 2 aromatic rings. The van der Waals surface area contributed by atoms with E-state index in [2.05, 4.69) is 35.5 Å². The van der Waals surface area contributed by atoms with E-state index in [1.807, 2.05) is 13.8 Å². The quantitative estimate of drug-likeness (QED) is 0.616. The molecule has 5 rings (SSSR count). The maximum atomic E-state index is 8.88. The van der Waals surface area contributed by atoms with Crippen molar-refractivity contribution in [2.75, 3.05) is 35.2 Å². The van der Waals surface area contributed by atoms with E-state index in [9.17, 15) is 0 Å². The van der Waals surface area contributed by atoms with Crippen LogP contribution >= 0.6 is 23.2 Å². The minimum absolute atomic E-state index is 0.199. The van der Waals surface area contributed by atoms with Gasteiger partial charge in [-0.05, 0) is 62.7 Å². The molecule has 0 radical (unpaired) electrons. The molecule has 10 heteroatoms. The normalized spacial score (nSPS) is 21.3. The maximum absolute atomic E-state index is 8.88. The fourth-order valence-corrected chi connectivity index (χ4v) is 4.65. The molecule has 0 amide bonds. The van der Waals surface area contributed by atoms with Gasteiger partial charge in [0.2, 0.25) is 10.6 Å². The zero-order valence-corrected chi connectivity index (χ0v) is 18.1. The van der Waals surface area contributed by atoms with Crippen molar-refractivity contribution in [3.63, 3.8) is 0 Å². The summed E-state index contributed by atoms with van der Waals surface area (Å²) in [7, 11) is 0. The first-order chi connectivity index (χ1) is 13.9. The Bertz CT molecular complexity index is 911. The number of aliphatic hydroxyl groups is 1. The van der Waals surface area contributed by atoms with Gasteiger partial charge in [0.1, 0.15) is 11.5 Å². The van der Waals surface area contributed by atoms with Gasteiger partial charge in [-0.15, -0.1) is 0 Å². The predicted molar refractivity (Wildman–Crippen MR) is 115 cm³/mol. The van der Waals surface area contributed by atoms with Crippen molar-refractivity contribution in [3.8, 4) is 0 Å².